The number of likely N-dealkylation sites (tertiary alicyclic amines) is 1. The summed E-state index contributed by atoms with van der Waals surface area (Å²) in [6.07, 6.45) is -1.31. The number of hydrogen-bond acceptors (Lipinski definition) is 8. The Labute approximate surface area is 260 Å². The highest BCUT2D eigenvalue weighted by atomic mass is 19.4. The number of anilines is 3. The monoisotopic (exact) mass is 624 g/mol. The van der Waals surface area contributed by atoms with Crippen LogP contribution in [0.15, 0.2) is 54.7 Å². The zero-order valence-electron chi connectivity index (χ0n) is 25.7. The first-order valence-corrected chi connectivity index (χ1v) is 15.1. The molecule has 5 rings (SSSR count). The summed E-state index contributed by atoms with van der Waals surface area (Å²) >= 11 is 0. The van der Waals surface area contributed by atoms with Crippen molar-refractivity contribution in [2.24, 2.45) is 13.0 Å². The number of carbonyl (C=O) groups is 1. The molecule has 2 aromatic carbocycles. The van der Waals surface area contributed by atoms with Gasteiger partial charge in [-0.05, 0) is 75.4 Å². The molecule has 2 aromatic heterocycles. The molecule has 0 radical (unpaired) electrons. The largest absolute Gasteiger partial charge is 0.457 e. The van der Waals surface area contributed by atoms with Crippen LogP contribution in [0.2, 0.25) is 0 Å². The Morgan fingerprint density at radius 2 is 1.76 bits per heavy atom. The van der Waals surface area contributed by atoms with Crippen molar-refractivity contribution in [1.29, 1.82) is 0 Å². The lowest BCUT2D eigenvalue weighted by Gasteiger charge is -2.27. The SMILES string of the molecule is CCNCCNCc1ccc(Nc2nc3ccc(Oc4ccnc(NC(=O)C5CCN(C)CC5)c4)cc3n2C)cc1C(F)(F)F. The number of imidazole rings is 1. The summed E-state index contributed by atoms with van der Waals surface area (Å²) < 4.78 is 49.6. The van der Waals surface area contributed by atoms with Crippen molar-refractivity contribution in [3.63, 3.8) is 0 Å². The van der Waals surface area contributed by atoms with Gasteiger partial charge in [0, 0.05) is 56.6 Å². The van der Waals surface area contributed by atoms with Gasteiger partial charge in [0.05, 0.1) is 16.6 Å². The summed E-state index contributed by atoms with van der Waals surface area (Å²) in [5.41, 5.74) is 1.12. The lowest BCUT2D eigenvalue weighted by Crippen LogP contribution is -2.36. The third kappa shape index (κ3) is 8.29. The Morgan fingerprint density at radius 1 is 1.00 bits per heavy atom. The number of pyridine rings is 1. The van der Waals surface area contributed by atoms with Gasteiger partial charge >= 0.3 is 6.18 Å². The fourth-order valence-electron chi connectivity index (χ4n) is 5.30. The predicted molar refractivity (Wildman–Crippen MR) is 169 cm³/mol. The van der Waals surface area contributed by atoms with Crippen molar-refractivity contribution in [2.75, 3.05) is 50.4 Å². The maximum absolute atomic E-state index is 13.9. The number of ether oxygens (including phenoxy) is 1. The van der Waals surface area contributed by atoms with Crippen molar-refractivity contribution >= 4 is 34.4 Å². The van der Waals surface area contributed by atoms with E-state index in [0.717, 1.165) is 44.1 Å². The molecule has 1 aliphatic rings. The molecule has 0 bridgehead atoms. The second kappa shape index (κ2) is 14.3. The quantitative estimate of drug-likeness (QED) is 0.153. The van der Waals surface area contributed by atoms with E-state index < -0.39 is 11.7 Å². The maximum Gasteiger partial charge on any atom is 0.416 e. The number of aryl methyl sites for hydroxylation is 1. The zero-order chi connectivity index (χ0) is 32.0. The number of hydrogen-bond donors (Lipinski definition) is 4. The van der Waals surface area contributed by atoms with Crippen molar-refractivity contribution in [3.8, 4) is 11.5 Å². The van der Waals surface area contributed by atoms with Gasteiger partial charge in [-0.3, -0.25) is 4.79 Å². The molecule has 0 aliphatic carbocycles. The summed E-state index contributed by atoms with van der Waals surface area (Å²) in [5.74, 6) is 1.74. The molecule has 1 fully saturated rings. The highest BCUT2D eigenvalue weighted by Crippen LogP contribution is 2.35. The second-order valence-electron chi connectivity index (χ2n) is 11.2. The molecule has 4 N–H and O–H groups in total. The average molecular weight is 625 g/mol. The topological polar surface area (TPSA) is 108 Å². The number of alkyl halides is 3. The van der Waals surface area contributed by atoms with Crippen LogP contribution in [0.25, 0.3) is 11.0 Å². The van der Waals surface area contributed by atoms with Crippen LogP contribution in [-0.4, -0.2) is 65.1 Å². The van der Waals surface area contributed by atoms with Gasteiger partial charge in [-0.15, -0.1) is 0 Å². The number of halogens is 3. The van der Waals surface area contributed by atoms with E-state index >= 15 is 0 Å². The number of amides is 1. The molecule has 10 nitrogen and oxygen atoms in total. The third-order valence-corrected chi connectivity index (χ3v) is 7.88. The van der Waals surface area contributed by atoms with Crippen LogP contribution in [0.3, 0.4) is 0 Å². The number of fused-ring (bicyclic) bond motifs is 1. The molecule has 1 aliphatic heterocycles. The maximum atomic E-state index is 13.9. The Kier molecular flexibility index (Phi) is 10.2. The summed E-state index contributed by atoms with van der Waals surface area (Å²) in [6.45, 7) is 5.91. The van der Waals surface area contributed by atoms with Crippen molar-refractivity contribution in [3.05, 3.63) is 65.9 Å². The van der Waals surface area contributed by atoms with Gasteiger partial charge < -0.3 is 35.5 Å². The van der Waals surface area contributed by atoms with Crippen molar-refractivity contribution in [1.82, 2.24) is 30.1 Å². The normalized spacial score (nSPS) is 14.5. The van der Waals surface area contributed by atoms with E-state index in [1.807, 2.05) is 6.92 Å². The van der Waals surface area contributed by atoms with E-state index in [-0.39, 0.29) is 29.6 Å². The molecular weight excluding hydrogens is 585 g/mol. The average Bonchev–Trinajstić information content (AvgIpc) is 3.31. The number of carbonyl (C=O) groups excluding carboxylic acids is 1. The van der Waals surface area contributed by atoms with E-state index in [4.69, 9.17) is 4.74 Å². The molecule has 0 atom stereocenters. The van der Waals surface area contributed by atoms with Crippen LogP contribution < -0.4 is 26.0 Å². The summed E-state index contributed by atoms with van der Waals surface area (Å²) in [7, 11) is 3.83. The molecule has 4 aromatic rings. The number of rotatable bonds is 12. The minimum absolute atomic E-state index is 0.0438. The number of nitrogens with zero attached hydrogens (tertiary/aromatic N) is 4. The number of benzene rings is 2. The summed E-state index contributed by atoms with van der Waals surface area (Å²) in [5, 5.41) is 12.1. The minimum Gasteiger partial charge on any atom is -0.457 e. The third-order valence-electron chi connectivity index (χ3n) is 7.88. The molecule has 240 valence electrons. The Morgan fingerprint density at radius 3 is 2.51 bits per heavy atom. The van der Waals surface area contributed by atoms with Crippen molar-refractivity contribution < 1.29 is 22.7 Å². The molecule has 0 spiro atoms. The fourth-order valence-corrected chi connectivity index (χ4v) is 5.30. The van der Waals surface area contributed by atoms with Gasteiger partial charge in [0.1, 0.15) is 17.3 Å². The van der Waals surface area contributed by atoms with Crippen LogP contribution in [0.5, 0.6) is 11.5 Å². The number of nitrogens with one attached hydrogen (secondary N) is 4. The van der Waals surface area contributed by atoms with Gasteiger partial charge in [-0.1, -0.05) is 13.0 Å². The first kappa shape index (κ1) is 32.2. The predicted octanol–water partition coefficient (Wildman–Crippen LogP) is 5.50. The Balaban J connectivity index is 1.27. The molecular formula is C32H39F3N8O2. The smallest absolute Gasteiger partial charge is 0.416 e. The number of piperidine rings is 1. The van der Waals surface area contributed by atoms with Gasteiger partial charge in [0.25, 0.3) is 0 Å². The van der Waals surface area contributed by atoms with Crippen LogP contribution in [0, 0.1) is 5.92 Å². The Bertz CT molecular complexity index is 1620. The molecule has 3 heterocycles. The second-order valence-corrected chi connectivity index (χ2v) is 11.2. The van der Waals surface area contributed by atoms with Gasteiger partial charge in [0.15, 0.2) is 0 Å². The van der Waals surface area contributed by atoms with E-state index in [1.165, 1.54) is 6.07 Å². The molecule has 0 saturated carbocycles. The zero-order valence-corrected chi connectivity index (χ0v) is 25.7. The molecule has 45 heavy (non-hydrogen) atoms. The van der Waals surface area contributed by atoms with Crippen LogP contribution >= 0.6 is 0 Å². The van der Waals surface area contributed by atoms with Gasteiger partial charge in [-0.25, -0.2) is 9.97 Å². The molecule has 1 amide bonds. The highest BCUT2D eigenvalue weighted by Gasteiger charge is 2.33. The van der Waals surface area contributed by atoms with E-state index in [2.05, 4.69) is 43.2 Å². The lowest BCUT2D eigenvalue weighted by molar-refractivity contribution is -0.138. The summed E-state index contributed by atoms with van der Waals surface area (Å²) in [4.78, 5) is 23.8. The van der Waals surface area contributed by atoms with Gasteiger partial charge in [-0.2, -0.15) is 13.2 Å². The standard InChI is InChI=1S/C32H39F3N8O2/c1-4-36-13-14-37-20-22-5-6-23(17-26(22)32(33,34)35)39-31-40-27-8-7-24(18-28(27)43(31)3)45-25-9-12-38-29(19-25)41-30(44)21-10-15-42(2)16-11-21/h5-9,12,17-19,21,36-37H,4,10-11,13-16,20H2,1-3H3,(H,39,40)(H,38,41,44). The lowest BCUT2D eigenvalue weighted by atomic mass is 9.96. The fraction of sp³-hybridized carbons (Fsp3) is 0.406. The van der Waals surface area contributed by atoms with Crippen LogP contribution in [0.4, 0.5) is 30.6 Å². The molecule has 0 unspecified atom stereocenters. The van der Waals surface area contributed by atoms with Crippen LogP contribution in [-0.2, 0) is 24.6 Å². The molecule has 1 saturated heterocycles. The first-order valence-electron chi connectivity index (χ1n) is 15.1. The first-order chi connectivity index (χ1) is 21.6. The Hall–Kier alpha value is -4.20. The highest BCUT2D eigenvalue weighted by molar-refractivity contribution is 5.92. The van der Waals surface area contributed by atoms with Crippen LogP contribution in [0.1, 0.15) is 30.9 Å². The number of likely N-dealkylation sites (N-methyl/N-ethyl adjacent to an activating group) is 1. The van der Waals surface area contributed by atoms with E-state index in [1.54, 1.807) is 54.2 Å². The molecule has 13 heteroatoms. The summed E-state index contributed by atoms with van der Waals surface area (Å²) in [6, 6.07) is 12.9. The van der Waals surface area contributed by atoms with E-state index in [0.29, 0.717) is 41.9 Å². The van der Waals surface area contributed by atoms with Gasteiger partial charge in [0.2, 0.25) is 11.9 Å². The minimum atomic E-state index is -4.50. The number of aromatic nitrogens is 3. The van der Waals surface area contributed by atoms with E-state index in [9.17, 15) is 18.0 Å². The van der Waals surface area contributed by atoms with Crippen molar-refractivity contribution in [2.45, 2.75) is 32.5 Å².